The molecule has 0 heterocycles. The van der Waals surface area contributed by atoms with Crippen molar-refractivity contribution in [1.29, 1.82) is 0 Å². The SMILES string of the molecule is CCc1ccc(OCCO)cc1CC. The molecule has 2 nitrogen and oxygen atoms in total. The first kappa shape index (κ1) is 11.1. The molecule has 0 amide bonds. The van der Waals surface area contributed by atoms with E-state index in [4.69, 9.17) is 9.84 Å². The summed E-state index contributed by atoms with van der Waals surface area (Å²) in [5, 5.41) is 8.63. The Morgan fingerprint density at radius 1 is 1.14 bits per heavy atom. The lowest BCUT2D eigenvalue weighted by atomic mass is 10.0. The summed E-state index contributed by atoms with van der Waals surface area (Å²) in [6, 6.07) is 6.13. The first-order valence-corrected chi connectivity index (χ1v) is 5.17. The second kappa shape index (κ2) is 5.66. The number of ether oxygens (including phenoxy) is 1. The van der Waals surface area contributed by atoms with Gasteiger partial charge in [0, 0.05) is 0 Å². The number of rotatable bonds is 5. The first-order valence-electron chi connectivity index (χ1n) is 5.17. The maximum Gasteiger partial charge on any atom is 0.119 e. The van der Waals surface area contributed by atoms with E-state index in [9.17, 15) is 0 Å². The molecule has 1 aromatic carbocycles. The zero-order chi connectivity index (χ0) is 10.4. The molecule has 0 aliphatic heterocycles. The highest BCUT2D eigenvalue weighted by Gasteiger charge is 2.01. The fourth-order valence-electron chi connectivity index (χ4n) is 1.53. The lowest BCUT2D eigenvalue weighted by molar-refractivity contribution is 0.201. The molecule has 0 spiro atoms. The Morgan fingerprint density at radius 3 is 2.43 bits per heavy atom. The average molecular weight is 194 g/mol. The monoisotopic (exact) mass is 194 g/mol. The highest BCUT2D eigenvalue weighted by molar-refractivity contribution is 5.35. The van der Waals surface area contributed by atoms with Gasteiger partial charge in [-0.25, -0.2) is 0 Å². The number of aryl methyl sites for hydroxylation is 2. The van der Waals surface area contributed by atoms with E-state index in [0.29, 0.717) is 6.61 Å². The van der Waals surface area contributed by atoms with Crippen molar-refractivity contribution < 1.29 is 9.84 Å². The Kier molecular flexibility index (Phi) is 4.47. The predicted octanol–water partition coefficient (Wildman–Crippen LogP) is 2.18. The van der Waals surface area contributed by atoms with Crippen molar-refractivity contribution in [1.82, 2.24) is 0 Å². The van der Waals surface area contributed by atoms with Gasteiger partial charge in [-0.05, 0) is 36.1 Å². The predicted molar refractivity (Wildman–Crippen MR) is 57.8 cm³/mol. The van der Waals surface area contributed by atoms with E-state index in [2.05, 4.69) is 26.0 Å². The van der Waals surface area contributed by atoms with Crippen LogP contribution in [0.3, 0.4) is 0 Å². The molecule has 0 unspecified atom stereocenters. The molecule has 78 valence electrons. The van der Waals surface area contributed by atoms with Crippen LogP contribution in [0, 0.1) is 0 Å². The molecular weight excluding hydrogens is 176 g/mol. The van der Waals surface area contributed by atoms with E-state index in [1.165, 1.54) is 11.1 Å². The second-order valence-electron chi connectivity index (χ2n) is 3.21. The van der Waals surface area contributed by atoms with E-state index in [-0.39, 0.29) is 6.61 Å². The van der Waals surface area contributed by atoms with Gasteiger partial charge in [0.15, 0.2) is 0 Å². The molecule has 0 bridgehead atoms. The molecule has 0 fully saturated rings. The topological polar surface area (TPSA) is 29.5 Å². The van der Waals surface area contributed by atoms with Crippen molar-refractivity contribution in [2.45, 2.75) is 26.7 Å². The van der Waals surface area contributed by atoms with E-state index in [1.54, 1.807) is 0 Å². The standard InChI is InChI=1S/C12H18O2/c1-3-10-5-6-12(14-8-7-13)9-11(10)4-2/h5-6,9,13H,3-4,7-8H2,1-2H3. The third-order valence-corrected chi connectivity index (χ3v) is 2.30. The summed E-state index contributed by atoms with van der Waals surface area (Å²) in [6.45, 7) is 4.73. The van der Waals surface area contributed by atoms with Gasteiger partial charge in [-0.2, -0.15) is 0 Å². The van der Waals surface area contributed by atoms with Crippen molar-refractivity contribution in [3.63, 3.8) is 0 Å². The summed E-state index contributed by atoms with van der Waals surface area (Å²) < 4.78 is 5.35. The molecule has 0 aliphatic carbocycles. The van der Waals surface area contributed by atoms with E-state index < -0.39 is 0 Å². The summed E-state index contributed by atoms with van der Waals surface area (Å²) >= 11 is 0. The van der Waals surface area contributed by atoms with Gasteiger partial charge < -0.3 is 9.84 Å². The molecule has 0 aromatic heterocycles. The lowest BCUT2D eigenvalue weighted by Crippen LogP contribution is -2.02. The van der Waals surface area contributed by atoms with Crippen LogP contribution in [0.25, 0.3) is 0 Å². The fourth-order valence-corrected chi connectivity index (χ4v) is 1.53. The van der Waals surface area contributed by atoms with Gasteiger partial charge in [0.05, 0.1) is 6.61 Å². The highest BCUT2D eigenvalue weighted by atomic mass is 16.5. The van der Waals surface area contributed by atoms with Crippen LogP contribution in [0.4, 0.5) is 0 Å². The Balaban J connectivity index is 2.79. The summed E-state index contributed by atoms with van der Waals surface area (Å²) in [5.74, 6) is 0.855. The fraction of sp³-hybridized carbons (Fsp3) is 0.500. The van der Waals surface area contributed by atoms with Crippen molar-refractivity contribution >= 4 is 0 Å². The van der Waals surface area contributed by atoms with Crippen LogP contribution in [-0.4, -0.2) is 18.3 Å². The first-order chi connectivity index (χ1) is 6.81. The minimum absolute atomic E-state index is 0.0665. The Morgan fingerprint density at radius 2 is 1.86 bits per heavy atom. The number of aliphatic hydroxyl groups is 1. The molecular formula is C12H18O2. The average Bonchev–Trinajstić information content (AvgIpc) is 2.25. The van der Waals surface area contributed by atoms with Gasteiger partial charge in [-0.1, -0.05) is 19.9 Å². The third-order valence-electron chi connectivity index (χ3n) is 2.30. The van der Waals surface area contributed by atoms with Crippen molar-refractivity contribution in [2.24, 2.45) is 0 Å². The Labute approximate surface area is 85.5 Å². The Hall–Kier alpha value is -1.02. The van der Waals surface area contributed by atoms with Crippen molar-refractivity contribution in [3.05, 3.63) is 29.3 Å². The van der Waals surface area contributed by atoms with Gasteiger partial charge in [0.2, 0.25) is 0 Å². The minimum atomic E-state index is 0.0665. The van der Waals surface area contributed by atoms with Crippen LogP contribution in [0.5, 0.6) is 5.75 Å². The van der Waals surface area contributed by atoms with Gasteiger partial charge in [0.25, 0.3) is 0 Å². The summed E-state index contributed by atoms with van der Waals surface area (Å²) in [6.07, 6.45) is 2.09. The maximum atomic E-state index is 8.63. The molecule has 0 saturated heterocycles. The maximum absolute atomic E-state index is 8.63. The number of hydrogen-bond acceptors (Lipinski definition) is 2. The number of aliphatic hydroxyl groups excluding tert-OH is 1. The zero-order valence-corrected chi connectivity index (χ0v) is 8.92. The normalized spacial score (nSPS) is 10.2. The molecule has 0 aliphatic rings. The van der Waals surface area contributed by atoms with Crippen LogP contribution in [-0.2, 0) is 12.8 Å². The minimum Gasteiger partial charge on any atom is -0.491 e. The van der Waals surface area contributed by atoms with Gasteiger partial charge in [-0.15, -0.1) is 0 Å². The quantitative estimate of drug-likeness (QED) is 0.778. The van der Waals surface area contributed by atoms with Crippen LogP contribution in [0.1, 0.15) is 25.0 Å². The lowest BCUT2D eigenvalue weighted by Gasteiger charge is -2.09. The van der Waals surface area contributed by atoms with E-state index >= 15 is 0 Å². The van der Waals surface area contributed by atoms with Gasteiger partial charge in [-0.3, -0.25) is 0 Å². The zero-order valence-electron chi connectivity index (χ0n) is 8.92. The summed E-state index contributed by atoms with van der Waals surface area (Å²) in [4.78, 5) is 0. The molecule has 0 atom stereocenters. The van der Waals surface area contributed by atoms with Crippen LogP contribution in [0.15, 0.2) is 18.2 Å². The molecule has 1 rings (SSSR count). The highest BCUT2D eigenvalue weighted by Crippen LogP contribution is 2.18. The van der Waals surface area contributed by atoms with Crippen LogP contribution < -0.4 is 4.74 Å². The Bertz CT molecular complexity index is 282. The molecule has 2 heteroatoms. The smallest absolute Gasteiger partial charge is 0.119 e. The molecule has 0 saturated carbocycles. The van der Waals surface area contributed by atoms with Gasteiger partial charge in [0.1, 0.15) is 12.4 Å². The number of benzene rings is 1. The molecule has 1 N–H and O–H groups in total. The summed E-state index contributed by atoms with van der Waals surface area (Å²) in [5.41, 5.74) is 2.71. The van der Waals surface area contributed by atoms with Crippen LogP contribution >= 0.6 is 0 Å². The molecule has 1 aromatic rings. The van der Waals surface area contributed by atoms with E-state index in [1.807, 2.05) is 6.07 Å². The second-order valence-corrected chi connectivity index (χ2v) is 3.21. The van der Waals surface area contributed by atoms with Crippen LogP contribution in [0.2, 0.25) is 0 Å². The van der Waals surface area contributed by atoms with Crippen molar-refractivity contribution in [2.75, 3.05) is 13.2 Å². The number of hydrogen-bond donors (Lipinski definition) is 1. The largest absolute Gasteiger partial charge is 0.491 e. The molecule has 14 heavy (non-hydrogen) atoms. The van der Waals surface area contributed by atoms with Gasteiger partial charge >= 0.3 is 0 Å². The van der Waals surface area contributed by atoms with Crippen molar-refractivity contribution in [3.8, 4) is 5.75 Å². The third kappa shape index (κ3) is 2.74. The summed E-state index contributed by atoms with van der Waals surface area (Å²) in [7, 11) is 0. The van der Waals surface area contributed by atoms with E-state index in [0.717, 1.165) is 18.6 Å². The molecule has 0 radical (unpaired) electrons.